The first kappa shape index (κ1) is 11.0. The predicted molar refractivity (Wildman–Crippen MR) is 57.8 cm³/mol. The molecule has 0 bridgehead atoms. The Hall–Kier alpha value is -0.0800. The summed E-state index contributed by atoms with van der Waals surface area (Å²) in [4.78, 5) is 2.62. The topological polar surface area (TPSA) is 29.3 Å². The Morgan fingerprint density at radius 2 is 1.62 bits per heavy atom. The maximum absolute atomic E-state index is 5.63. The second-order valence-electron chi connectivity index (χ2n) is 4.75. The fourth-order valence-electron chi connectivity index (χ4n) is 2.19. The first-order chi connectivity index (χ1) is 6.17. The largest absolute Gasteiger partial charge is 0.330 e. The van der Waals surface area contributed by atoms with E-state index in [0.717, 1.165) is 13.0 Å². The highest BCUT2D eigenvalue weighted by Gasteiger charge is 2.25. The molecule has 1 saturated heterocycles. The van der Waals surface area contributed by atoms with Gasteiger partial charge in [0.1, 0.15) is 0 Å². The van der Waals surface area contributed by atoms with Crippen molar-refractivity contribution in [1.82, 2.24) is 4.90 Å². The Kier molecular flexibility index (Phi) is 4.20. The zero-order chi connectivity index (χ0) is 9.73. The number of hydrogen-bond acceptors (Lipinski definition) is 2. The van der Waals surface area contributed by atoms with Crippen LogP contribution in [0, 0.1) is 0 Å². The number of rotatable bonds is 3. The quantitative estimate of drug-likeness (QED) is 0.727. The zero-order valence-corrected chi connectivity index (χ0v) is 9.18. The van der Waals surface area contributed by atoms with Crippen LogP contribution in [0.1, 0.15) is 46.0 Å². The molecule has 0 aromatic carbocycles. The molecule has 1 heterocycles. The van der Waals surface area contributed by atoms with E-state index in [1.54, 1.807) is 0 Å². The van der Waals surface area contributed by atoms with Gasteiger partial charge in [-0.1, -0.05) is 12.8 Å². The van der Waals surface area contributed by atoms with Crippen molar-refractivity contribution in [3.63, 3.8) is 0 Å². The molecule has 1 fully saturated rings. The predicted octanol–water partition coefficient (Wildman–Crippen LogP) is 1.99. The van der Waals surface area contributed by atoms with Crippen molar-refractivity contribution in [3.05, 3.63) is 0 Å². The van der Waals surface area contributed by atoms with E-state index in [2.05, 4.69) is 18.7 Å². The molecule has 0 spiro atoms. The number of hydrogen-bond donors (Lipinski definition) is 1. The molecule has 13 heavy (non-hydrogen) atoms. The lowest BCUT2D eigenvalue weighted by Gasteiger charge is -2.37. The normalized spacial score (nSPS) is 21.5. The third-order valence-electron chi connectivity index (χ3n) is 3.22. The van der Waals surface area contributed by atoms with Crippen molar-refractivity contribution in [2.45, 2.75) is 51.5 Å². The van der Waals surface area contributed by atoms with E-state index in [1.165, 1.54) is 38.8 Å². The van der Waals surface area contributed by atoms with Gasteiger partial charge in [-0.2, -0.15) is 0 Å². The van der Waals surface area contributed by atoms with Gasteiger partial charge in [0.15, 0.2) is 0 Å². The molecule has 1 rings (SSSR count). The van der Waals surface area contributed by atoms with Crippen LogP contribution in [0.15, 0.2) is 0 Å². The number of nitrogens with two attached hydrogens (primary N) is 1. The third kappa shape index (κ3) is 3.28. The molecule has 1 aliphatic rings. The van der Waals surface area contributed by atoms with Gasteiger partial charge < -0.3 is 5.73 Å². The Balaban J connectivity index is 2.46. The zero-order valence-electron chi connectivity index (χ0n) is 9.18. The molecule has 0 aromatic heterocycles. The van der Waals surface area contributed by atoms with E-state index in [-0.39, 0.29) is 0 Å². The minimum absolute atomic E-state index is 0.319. The molecule has 0 radical (unpaired) electrons. The van der Waals surface area contributed by atoms with Crippen molar-refractivity contribution in [2.24, 2.45) is 5.73 Å². The lowest BCUT2D eigenvalue weighted by atomic mass is 9.98. The summed E-state index contributed by atoms with van der Waals surface area (Å²) in [5, 5.41) is 0. The summed E-state index contributed by atoms with van der Waals surface area (Å²) in [7, 11) is 0. The molecule has 2 N–H and O–H groups in total. The summed E-state index contributed by atoms with van der Waals surface area (Å²) in [5.41, 5.74) is 5.95. The maximum Gasteiger partial charge on any atom is 0.0165 e. The van der Waals surface area contributed by atoms with E-state index < -0.39 is 0 Å². The number of likely N-dealkylation sites (tertiary alicyclic amines) is 1. The van der Waals surface area contributed by atoms with Crippen LogP contribution in [0.3, 0.4) is 0 Å². The van der Waals surface area contributed by atoms with Crippen LogP contribution in [0.2, 0.25) is 0 Å². The molecular weight excluding hydrogens is 160 g/mol. The molecule has 2 heteroatoms. The summed E-state index contributed by atoms with van der Waals surface area (Å²) in [6.07, 6.45) is 6.68. The highest BCUT2D eigenvalue weighted by atomic mass is 15.2. The molecule has 0 unspecified atom stereocenters. The number of nitrogens with zero attached hydrogens (tertiary/aromatic N) is 1. The van der Waals surface area contributed by atoms with Crippen molar-refractivity contribution >= 4 is 0 Å². The van der Waals surface area contributed by atoms with E-state index in [4.69, 9.17) is 5.73 Å². The Bertz CT molecular complexity index is 135. The van der Waals surface area contributed by atoms with Crippen LogP contribution in [-0.4, -0.2) is 30.1 Å². The first-order valence-corrected chi connectivity index (χ1v) is 5.62. The minimum Gasteiger partial charge on any atom is -0.330 e. The minimum atomic E-state index is 0.319. The summed E-state index contributed by atoms with van der Waals surface area (Å²) in [6, 6.07) is 0. The van der Waals surface area contributed by atoms with Crippen LogP contribution in [0.5, 0.6) is 0 Å². The van der Waals surface area contributed by atoms with E-state index in [9.17, 15) is 0 Å². The smallest absolute Gasteiger partial charge is 0.0165 e. The van der Waals surface area contributed by atoms with Gasteiger partial charge in [-0.3, -0.25) is 4.90 Å². The van der Waals surface area contributed by atoms with Crippen LogP contribution in [0.25, 0.3) is 0 Å². The first-order valence-electron chi connectivity index (χ1n) is 5.62. The van der Waals surface area contributed by atoms with Gasteiger partial charge in [-0.05, 0) is 52.7 Å². The lowest BCUT2D eigenvalue weighted by Crippen LogP contribution is -2.45. The van der Waals surface area contributed by atoms with Crippen LogP contribution < -0.4 is 5.73 Å². The molecule has 0 aromatic rings. The highest BCUT2D eigenvalue weighted by Crippen LogP contribution is 2.22. The van der Waals surface area contributed by atoms with Crippen LogP contribution in [0.4, 0.5) is 0 Å². The average molecular weight is 184 g/mol. The van der Waals surface area contributed by atoms with E-state index in [0.29, 0.717) is 5.54 Å². The molecular formula is C11H24N2. The molecule has 1 aliphatic heterocycles. The van der Waals surface area contributed by atoms with Gasteiger partial charge in [0.25, 0.3) is 0 Å². The molecule has 78 valence electrons. The van der Waals surface area contributed by atoms with Crippen molar-refractivity contribution in [1.29, 1.82) is 0 Å². The molecule has 0 saturated carbocycles. The Morgan fingerprint density at radius 3 is 2.08 bits per heavy atom. The van der Waals surface area contributed by atoms with Crippen molar-refractivity contribution < 1.29 is 0 Å². The van der Waals surface area contributed by atoms with Crippen molar-refractivity contribution in [2.75, 3.05) is 19.6 Å². The van der Waals surface area contributed by atoms with Gasteiger partial charge in [-0.25, -0.2) is 0 Å². The fraction of sp³-hybridized carbons (Fsp3) is 1.00. The summed E-state index contributed by atoms with van der Waals surface area (Å²) in [6.45, 7) is 8.00. The SMILES string of the molecule is CC(C)(CCN)N1CCCCCC1. The van der Waals surface area contributed by atoms with Gasteiger partial charge in [0.2, 0.25) is 0 Å². The van der Waals surface area contributed by atoms with E-state index in [1.807, 2.05) is 0 Å². The van der Waals surface area contributed by atoms with Crippen LogP contribution >= 0.6 is 0 Å². The molecule has 0 atom stereocenters. The van der Waals surface area contributed by atoms with Gasteiger partial charge in [-0.15, -0.1) is 0 Å². The molecule has 0 aliphatic carbocycles. The standard InChI is InChI=1S/C11H24N2/c1-11(2,7-8-12)13-9-5-3-4-6-10-13/h3-10,12H2,1-2H3. The summed E-state index contributed by atoms with van der Waals surface area (Å²) >= 11 is 0. The lowest BCUT2D eigenvalue weighted by molar-refractivity contribution is 0.118. The Labute approximate surface area is 82.5 Å². The highest BCUT2D eigenvalue weighted by molar-refractivity contribution is 4.82. The molecule has 0 amide bonds. The van der Waals surface area contributed by atoms with Gasteiger partial charge in [0.05, 0.1) is 0 Å². The third-order valence-corrected chi connectivity index (χ3v) is 3.22. The summed E-state index contributed by atoms with van der Waals surface area (Å²) in [5.74, 6) is 0. The second-order valence-corrected chi connectivity index (χ2v) is 4.75. The molecule has 2 nitrogen and oxygen atoms in total. The monoisotopic (exact) mass is 184 g/mol. The average Bonchev–Trinajstić information content (AvgIpc) is 2.31. The maximum atomic E-state index is 5.63. The second kappa shape index (κ2) is 4.97. The van der Waals surface area contributed by atoms with Gasteiger partial charge >= 0.3 is 0 Å². The fourth-order valence-corrected chi connectivity index (χ4v) is 2.19. The van der Waals surface area contributed by atoms with Crippen LogP contribution in [-0.2, 0) is 0 Å². The van der Waals surface area contributed by atoms with Crippen molar-refractivity contribution in [3.8, 4) is 0 Å². The Morgan fingerprint density at radius 1 is 1.08 bits per heavy atom. The van der Waals surface area contributed by atoms with Gasteiger partial charge in [0, 0.05) is 5.54 Å². The van der Waals surface area contributed by atoms with E-state index >= 15 is 0 Å². The summed E-state index contributed by atoms with van der Waals surface area (Å²) < 4.78 is 0.